The van der Waals surface area contributed by atoms with Crippen LogP contribution in [-0.2, 0) is 0 Å². The molecule has 0 aromatic heterocycles. The number of carboxylic acids is 1. The predicted octanol–water partition coefficient (Wildman–Crippen LogP) is 3.33. The summed E-state index contributed by atoms with van der Waals surface area (Å²) in [5, 5.41) is 12.0. The van der Waals surface area contributed by atoms with Gasteiger partial charge in [-0.3, -0.25) is 4.79 Å². The topological polar surface area (TPSA) is 66.4 Å². The van der Waals surface area contributed by atoms with Crippen LogP contribution in [0.4, 0.5) is 0 Å². The van der Waals surface area contributed by atoms with Crippen LogP contribution in [0.5, 0.6) is 0 Å². The van der Waals surface area contributed by atoms with Crippen LogP contribution in [0.15, 0.2) is 24.3 Å². The van der Waals surface area contributed by atoms with Crippen molar-refractivity contribution in [3.63, 3.8) is 0 Å². The molecule has 1 saturated carbocycles. The second kappa shape index (κ2) is 7.25. The highest BCUT2D eigenvalue weighted by Gasteiger charge is 2.21. The molecule has 0 heterocycles. The first kappa shape index (κ1) is 15.5. The predicted molar refractivity (Wildman–Crippen MR) is 81.5 cm³/mol. The van der Waals surface area contributed by atoms with Crippen molar-refractivity contribution in [3.05, 3.63) is 35.4 Å². The van der Waals surface area contributed by atoms with Crippen LogP contribution in [0.1, 0.15) is 59.7 Å². The van der Waals surface area contributed by atoms with Crippen molar-refractivity contribution in [2.24, 2.45) is 11.8 Å². The molecular weight excluding hydrogens is 266 g/mol. The van der Waals surface area contributed by atoms with Gasteiger partial charge in [0.25, 0.3) is 5.91 Å². The summed E-state index contributed by atoms with van der Waals surface area (Å²) < 4.78 is 0. The van der Waals surface area contributed by atoms with Crippen LogP contribution in [-0.4, -0.2) is 23.5 Å². The fourth-order valence-corrected chi connectivity index (χ4v) is 3.04. The third kappa shape index (κ3) is 4.06. The number of benzene rings is 1. The highest BCUT2D eigenvalue weighted by molar-refractivity contribution is 6.04. The third-order valence-corrected chi connectivity index (χ3v) is 4.50. The van der Waals surface area contributed by atoms with Crippen molar-refractivity contribution < 1.29 is 14.7 Å². The highest BCUT2D eigenvalue weighted by atomic mass is 16.4. The summed E-state index contributed by atoms with van der Waals surface area (Å²) in [7, 11) is 0. The van der Waals surface area contributed by atoms with E-state index in [0.717, 1.165) is 18.8 Å². The van der Waals surface area contributed by atoms with Crippen LogP contribution in [0.2, 0.25) is 0 Å². The second-order valence-corrected chi connectivity index (χ2v) is 5.86. The number of nitrogens with one attached hydrogen (secondary N) is 1. The van der Waals surface area contributed by atoms with Gasteiger partial charge in [0.05, 0.1) is 11.1 Å². The molecule has 0 atom stereocenters. The Morgan fingerprint density at radius 1 is 1.10 bits per heavy atom. The van der Waals surface area contributed by atoms with Gasteiger partial charge in [0.15, 0.2) is 0 Å². The molecule has 114 valence electrons. The standard InChI is InChI=1S/C17H23NO3/c1-2-12-7-9-13(10-8-12)11-18-16(19)14-5-3-4-6-15(14)17(20)21/h3-6,12-13H,2,7-11H2,1H3,(H,18,19)(H,20,21). The number of amides is 1. The van der Waals surface area contributed by atoms with Crippen LogP contribution < -0.4 is 5.32 Å². The SMILES string of the molecule is CCC1CCC(CNC(=O)c2ccccc2C(=O)O)CC1. The maximum absolute atomic E-state index is 12.2. The number of aromatic carboxylic acids is 1. The third-order valence-electron chi connectivity index (χ3n) is 4.50. The lowest BCUT2D eigenvalue weighted by molar-refractivity contribution is 0.0690. The fourth-order valence-electron chi connectivity index (χ4n) is 3.04. The van der Waals surface area contributed by atoms with Crippen LogP contribution in [0.25, 0.3) is 0 Å². The lowest BCUT2D eigenvalue weighted by Gasteiger charge is -2.27. The molecule has 2 rings (SSSR count). The zero-order valence-electron chi connectivity index (χ0n) is 12.5. The molecule has 1 amide bonds. The molecule has 0 aliphatic heterocycles. The summed E-state index contributed by atoms with van der Waals surface area (Å²) in [6.07, 6.45) is 6.02. The fraction of sp³-hybridized carbons (Fsp3) is 0.529. The number of carboxylic acid groups (broad SMARTS) is 1. The van der Waals surface area contributed by atoms with Crippen molar-refractivity contribution in [1.82, 2.24) is 5.32 Å². The lowest BCUT2D eigenvalue weighted by Crippen LogP contribution is -2.32. The minimum Gasteiger partial charge on any atom is -0.478 e. The molecule has 0 bridgehead atoms. The van der Waals surface area contributed by atoms with Gasteiger partial charge in [0, 0.05) is 6.54 Å². The number of hydrogen-bond donors (Lipinski definition) is 2. The average Bonchev–Trinajstić information content (AvgIpc) is 2.53. The molecule has 0 spiro atoms. The normalized spacial score (nSPS) is 21.8. The summed E-state index contributed by atoms with van der Waals surface area (Å²) in [5.41, 5.74) is 0.303. The smallest absolute Gasteiger partial charge is 0.336 e. The van der Waals surface area contributed by atoms with Gasteiger partial charge in [0.2, 0.25) is 0 Å². The minimum absolute atomic E-state index is 0.0599. The van der Waals surface area contributed by atoms with Gasteiger partial charge in [-0.15, -0.1) is 0 Å². The van der Waals surface area contributed by atoms with Crippen LogP contribution >= 0.6 is 0 Å². The molecule has 1 aliphatic rings. The maximum Gasteiger partial charge on any atom is 0.336 e. The number of rotatable bonds is 5. The number of hydrogen-bond acceptors (Lipinski definition) is 2. The molecule has 0 radical (unpaired) electrons. The van der Waals surface area contributed by atoms with Gasteiger partial charge in [-0.1, -0.05) is 38.3 Å². The minimum atomic E-state index is -1.07. The Morgan fingerprint density at radius 2 is 1.67 bits per heavy atom. The van der Waals surface area contributed by atoms with Crippen LogP contribution in [0.3, 0.4) is 0 Å². The lowest BCUT2D eigenvalue weighted by atomic mass is 9.81. The Morgan fingerprint density at radius 3 is 2.24 bits per heavy atom. The van der Waals surface area contributed by atoms with E-state index in [9.17, 15) is 9.59 Å². The summed E-state index contributed by atoms with van der Waals surface area (Å²) in [6, 6.07) is 6.34. The van der Waals surface area contributed by atoms with E-state index in [1.807, 2.05) is 0 Å². The van der Waals surface area contributed by atoms with Gasteiger partial charge in [-0.05, 0) is 36.8 Å². The monoisotopic (exact) mass is 289 g/mol. The molecule has 1 aliphatic carbocycles. The first-order valence-corrected chi connectivity index (χ1v) is 7.72. The number of carbonyl (C=O) groups excluding carboxylic acids is 1. The summed E-state index contributed by atoms with van der Waals surface area (Å²) >= 11 is 0. The van der Waals surface area contributed by atoms with Gasteiger partial charge in [0.1, 0.15) is 0 Å². The van der Waals surface area contributed by atoms with Crippen molar-refractivity contribution in [2.75, 3.05) is 6.54 Å². The maximum atomic E-state index is 12.2. The Hall–Kier alpha value is -1.84. The van der Waals surface area contributed by atoms with Gasteiger partial charge >= 0.3 is 5.97 Å². The molecule has 0 saturated heterocycles. The molecule has 1 aromatic rings. The van der Waals surface area contributed by atoms with E-state index in [2.05, 4.69) is 12.2 Å². The van der Waals surface area contributed by atoms with E-state index in [1.54, 1.807) is 18.2 Å². The average molecular weight is 289 g/mol. The first-order valence-electron chi connectivity index (χ1n) is 7.72. The molecule has 21 heavy (non-hydrogen) atoms. The molecule has 2 N–H and O–H groups in total. The van der Waals surface area contributed by atoms with Crippen molar-refractivity contribution in [1.29, 1.82) is 0 Å². The Labute approximate surface area is 125 Å². The Bertz CT molecular complexity index is 505. The zero-order chi connectivity index (χ0) is 15.2. The molecule has 1 aromatic carbocycles. The zero-order valence-corrected chi connectivity index (χ0v) is 12.5. The van der Waals surface area contributed by atoms with Crippen molar-refractivity contribution >= 4 is 11.9 Å². The molecule has 0 unspecified atom stereocenters. The van der Waals surface area contributed by atoms with E-state index in [-0.39, 0.29) is 17.0 Å². The largest absolute Gasteiger partial charge is 0.478 e. The molecule has 4 heteroatoms. The van der Waals surface area contributed by atoms with Gasteiger partial charge in [-0.2, -0.15) is 0 Å². The molecular formula is C17H23NO3. The Balaban J connectivity index is 1.89. The first-order chi connectivity index (χ1) is 10.1. The highest BCUT2D eigenvalue weighted by Crippen LogP contribution is 2.30. The van der Waals surface area contributed by atoms with Gasteiger partial charge < -0.3 is 10.4 Å². The van der Waals surface area contributed by atoms with E-state index < -0.39 is 5.97 Å². The summed E-state index contributed by atoms with van der Waals surface area (Å²) in [5.74, 6) is 0.00764. The van der Waals surface area contributed by atoms with E-state index in [4.69, 9.17) is 5.11 Å². The van der Waals surface area contributed by atoms with E-state index >= 15 is 0 Å². The number of carbonyl (C=O) groups is 2. The molecule has 1 fully saturated rings. The van der Waals surface area contributed by atoms with Crippen molar-refractivity contribution in [2.45, 2.75) is 39.0 Å². The van der Waals surface area contributed by atoms with Gasteiger partial charge in [-0.25, -0.2) is 4.79 Å². The van der Waals surface area contributed by atoms with E-state index in [0.29, 0.717) is 12.5 Å². The van der Waals surface area contributed by atoms with E-state index in [1.165, 1.54) is 25.3 Å². The summed E-state index contributed by atoms with van der Waals surface area (Å²) in [4.78, 5) is 23.3. The van der Waals surface area contributed by atoms with Crippen LogP contribution in [0, 0.1) is 11.8 Å². The van der Waals surface area contributed by atoms with Crippen molar-refractivity contribution in [3.8, 4) is 0 Å². The second-order valence-electron chi connectivity index (χ2n) is 5.86. The Kier molecular flexibility index (Phi) is 5.37. The quantitative estimate of drug-likeness (QED) is 0.873. The summed E-state index contributed by atoms with van der Waals surface area (Å²) in [6.45, 7) is 2.87. The molecule has 4 nitrogen and oxygen atoms in total.